The first-order chi connectivity index (χ1) is 7.67. The quantitative estimate of drug-likeness (QED) is 0.479. The number of hydrogen-bond acceptors (Lipinski definition) is 6. The topological polar surface area (TPSA) is 87.3 Å². The molecule has 0 aromatic carbocycles. The van der Waals surface area contributed by atoms with E-state index in [1.165, 1.54) is 0 Å². The first-order valence-corrected chi connectivity index (χ1v) is 5.39. The summed E-state index contributed by atoms with van der Waals surface area (Å²) in [5.41, 5.74) is 3.41. The second kappa shape index (κ2) is 4.73. The minimum atomic E-state index is -0.211. The molecule has 1 aliphatic heterocycles. The Kier molecular flexibility index (Phi) is 3.33. The molecule has 6 heteroatoms. The lowest BCUT2D eigenvalue weighted by Crippen LogP contribution is -2.23. The van der Waals surface area contributed by atoms with Crippen LogP contribution in [-0.2, 0) is 6.54 Å². The number of aromatic nitrogens is 2. The molecule has 0 amide bonds. The van der Waals surface area contributed by atoms with E-state index in [4.69, 9.17) is 5.84 Å². The van der Waals surface area contributed by atoms with Gasteiger partial charge in [-0.05, 0) is 13.3 Å². The SMILES string of the molecule is Cc1cc(NN)nc(CN2CCC(O)C2)n1. The summed E-state index contributed by atoms with van der Waals surface area (Å²) in [6, 6.07) is 1.79. The van der Waals surface area contributed by atoms with Crippen molar-refractivity contribution in [3.63, 3.8) is 0 Å². The molecule has 6 nitrogen and oxygen atoms in total. The van der Waals surface area contributed by atoms with Gasteiger partial charge in [-0.15, -0.1) is 0 Å². The van der Waals surface area contributed by atoms with E-state index in [0.29, 0.717) is 18.9 Å². The van der Waals surface area contributed by atoms with Crippen LogP contribution in [0.1, 0.15) is 17.9 Å². The molecule has 88 valence electrons. The van der Waals surface area contributed by atoms with Crippen LogP contribution in [0.5, 0.6) is 0 Å². The third-order valence-corrected chi connectivity index (χ3v) is 2.66. The summed E-state index contributed by atoms with van der Waals surface area (Å²) in [7, 11) is 0. The van der Waals surface area contributed by atoms with E-state index in [1.54, 1.807) is 6.07 Å². The predicted molar refractivity (Wildman–Crippen MR) is 60.5 cm³/mol. The lowest BCUT2D eigenvalue weighted by atomic mass is 10.3. The summed E-state index contributed by atoms with van der Waals surface area (Å²) in [5.74, 6) is 6.69. The second-order valence-corrected chi connectivity index (χ2v) is 4.13. The average molecular weight is 223 g/mol. The van der Waals surface area contributed by atoms with Crippen LogP contribution < -0.4 is 11.3 Å². The fraction of sp³-hybridized carbons (Fsp3) is 0.600. The molecule has 1 aliphatic rings. The summed E-state index contributed by atoms with van der Waals surface area (Å²) in [5, 5.41) is 9.42. The third kappa shape index (κ3) is 2.66. The van der Waals surface area contributed by atoms with E-state index in [0.717, 1.165) is 24.5 Å². The fourth-order valence-corrected chi connectivity index (χ4v) is 1.93. The molecule has 0 saturated carbocycles. The molecule has 1 unspecified atom stereocenters. The van der Waals surface area contributed by atoms with Crippen molar-refractivity contribution >= 4 is 5.82 Å². The number of aryl methyl sites for hydroxylation is 1. The lowest BCUT2D eigenvalue weighted by molar-refractivity contribution is 0.174. The van der Waals surface area contributed by atoms with Gasteiger partial charge in [0.25, 0.3) is 0 Å². The number of hydrazine groups is 1. The van der Waals surface area contributed by atoms with Crippen molar-refractivity contribution in [1.29, 1.82) is 0 Å². The number of nitrogens with two attached hydrogens (primary N) is 1. The Morgan fingerprint density at radius 2 is 2.44 bits per heavy atom. The molecular weight excluding hydrogens is 206 g/mol. The minimum Gasteiger partial charge on any atom is -0.392 e. The molecule has 0 bridgehead atoms. The average Bonchev–Trinajstić information content (AvgIpc) is 2.63. The zero-order valence-electron chi connectivity index (χ0n) is 9.35. The highest BCUT2D eigenvalue weighted by molar-refractivity contribution is 5.33. The number of likely N-dealkylation sites (tertiary alicyclic amines) is 1. The highest BCUT2D eigenvalue weighted by atomic mass is 16.3. The number of nitrogens with one attached hydrogen (secondary N) is 1. The Hall–Kier alpha value is -1.24. The molecule has 2 rings (SSSR count). The highest BCUT2D eigenvalue weighted by Gasteiger charge is 2.20. The van der Waals surface area contributed by atoms with E-state index >= 15 is 0 Å². The molecule has 1 aromatic rings. The molecule has 16 heavy (non-hydrogen) atoms. The Morgan fingerprint density at radius 1 is 1.62 bits per heavy atom. The van der Waals surface area contributed by atoms with E-state index < -0.39 is 0 Å². The van der Waals surface area contributed by atoms with Crippen LogP contribution in [0.15, 0.2) is 6.07 Å². The lowest BCUT2D eigenvalue weighted by Gasteiger charge is -2.14. The highest BCUT2D eigenvalue weighted by Crippen LogP contribution is 2.12. The largest absolute Gasteiger partial charge is 0.392 e. The molecule has 4 N–H and O–H groups in total. The van der Waals surface area contributed by atoms with E-state index in [-0.39, 0.29) is 6.10 Å². The fourth-order valence-electron chi connectivity index (χ4n) is 1.93. The van der Waals surface area contributed by atoms with Crippen molar-refractivity contribution in [2.45, 2.75) is 26.0 Å². The van der Waals surface area contributed by atoms with Crippen LogP contribution in [-0.4, -0.2) is 39.2 Å². The molecule has 1 atom stereocenters. The van der Waals surface area contributed by atoms with Gasteiger partial charge in [0, 0.05) is 24.8 Å². The molecule has 1 saturated heterocycles. The Bertz CT molecular complexity index is 370. The first-order valence-electron chi connectivity index (χ1n) is 5.39. The smallest absolute Gasteiger partial charge is 0.145 e. The summed E-state index contributed by atoms with van der Waals surface area (Å²) in [4.78, 5) is 10.7. The molecule has 1 fully saturated rings. The van der Waals surface area contributed by atoms with E-state index in [2.05, 4.69) is 20.3 Å². The number of rotatable bonds is 3. The van der Waals surface area contributed by atoms with Gasteiger partial charge in [0.1, 0.15) is 11.6 Å². The monoisotopic (exact) mass is 223 g/mol. The van der Waals surface area contributed by atoms with Gasteiger partial charge in [0.05, 0.1) is 12.6 Å². The second-order valence-electron chi connectivity index (χ2n) is 4.13. The van der Waals surface area contributed by atoms with Crippen molar-refractivity contribution in [3.8, 4) is 0 Å². The van der Waals surface area contributed by atoms with Crippen molar-refractivity contribution in [2.75, 3.05) is 18.5 Å². The van der Waals surface area contributed by atoms with Gasteiger partial charge in [0.15, 0.2) is 0 Å². The first kappa shape index (κ1) is 11.3. The Balaban J connectivity index is 2.06. The van der Waals surface area contributed by atoms with Crippen LogP contribution in [0.25, 0.3) is 0 Å². The molecule has 2 heterocycles. The van der Waals surface area contributed by atoms with Crippen LogP contribution >= 0.6 is 0 Å². The van der Waals surface area contributed by atoms with Gasteiger partial charge in [-0.2, -0.15) is 0 Å². The predicted octanol–water partition coefficient (Wildman–Crippen LogP) is -0.363. The zero-order chi connectivity index (χ0) is 11.5. The summed E-state index contributed by atoms with van der Waals surface area (Å²) >= 11 is 0. The minimum absolute atomic E-state index is 0.211. The number of aliphatic hydroxyl groups is 1. The normalized spacial score (nSPS) is 21.3. The molecule has 0 spiro atoms. The van der Waals surface area contributed by atoms with Crippen molar-refractivity contribution in [3.05, 3.63) is 17.6 Å². The maximum Gasteiger partial charge on any atom is 0.145 e. The van der Waals surface area contributed by atoms with Gasteiger partial charge >= 0.3 is 0 Å². The van der Waals surface area contributed by atoms with Crippen LogP contribution in [0, 0.1) is 6.92 Å². The number of aliphatic hydroxyl groups excluding tert-OH is 1. The van der Waals surface area contributed by atoms with E-state index in [1.807, 2.05) is 6.92 Å². The van der Waals surface area contributed by atoms with Crippen molar-refractivity contribution < 1.29 is 5.11 Å². The number of anilines is 1. The Morgan fingerprint density at radius 3 is 3.06 bits per heavy atom. The van der Waals surface area contributed by atoms with Crippen molar-refractivity contribution in [2.24, 2.45) is 5.84 Å². The molecule has 0 radical (unpaired) electrons. The summed E-state index contributed by atoms with van der Waals surface area (Å²) in [6.07, 6.45) is 0.616. The molecule has 0 aliphatic carbocycles. The number of β-amino-alcohol motifs (C(OH)–C–C–N with tert-alkyl or cyclic N) is 1. The Labute approximate surface area is 94.5 Å². The third-order valence-electron chi connectivity index (χ3n) is 2.66. The molecular formula is C10H17N5O. The zero-order valence-corrected chi connectivity index (χ0v) is 9.35. The van der Waals surface area contributed by atoms with E-state index in [9.17, 15) is 5.11 Å². The van der Waals surface area contributed by atoms with Gasteiger partial charge in [-0.1, -0.05) is 0 Å². The van der Waals surface area contributed by atoms with Gasteiger partial charge in [-0.3, -0.25) is 4.90 Å². The van der Waals surface area contributed by atoms with Crippen LogP contribution in [0.4, 0.5) is 5.82 Å². The number of nitrogen functional groups attached to an aromatic ring is 1. The maximum absolute atomic E-state index is 9.42. The summed E-state index contributed by atoms with van der Waals surface area (Å²) in [6.45, 7) is 4.16. The van der Waals surface area contributed by atoms with Crippen molar-refractivity contribution in [1.82, 2.24) is 14.9 Å². The summed E-state index contributed by atoms with van der Waals surface area (Å²) < 4.78 is 0. The standard InChI is InChI=1S/C10H17N5O/c1-7-4-9(14-11)13-10(12-7)6-15-3-2-8(16)5-15/h4,8,16H,2-3,5-6,11H2,1H3,(H,12,13,14). The van der Waals surface area contributed by atoms with Gasteiger partial charge in [-0.25, -0.2) is 15.8 Å². The van der Waals surface area contributed by atoms with Gasteiger partial charge < -0.3 is 10.5 Å². The number of nitrogens with zero attached hydrogens (tertiary/aromatic N) is 3. The van der Waals surface area contributed by atoms with Crippen LogP contribution in [0.2, 0.25) is 0 Å². The molecule has 1 aromatic heterocycles. The van der Waals surface area contributed by atoms with Gasteiger partial charge in [0.2, 0.25) is 0 Å². The maximum atomic E-state index is 9.42. The number of hydrogen-bond donors (Lipinski definition) is 3. The van der Waals surface area contributed by atoms with Crippen LogP contribution in [0.3, 0.4) is 0 Å².